The maximum atomic E-state index is 12.1. The molecule has 0 aliphatic carbocycles. The zero-order valence-corrected chi connectivity index (χ0v) is 13.9. The number of nitrogens with zero attached hydrogens (tertiary/aromatic N) is 5. The van der Waals surface area contributed by atoms with E-state index >= 15 is 0 Å². The first-order valence-corrected chi connectivity index (χ1v) is 8.45. The molecule has 0 atom stereocenters. The van der Waals surface area contributed by atoms with Gasteiger partial charge in [-0.3, -0.25) is 4.79 Å². The van der Waals surface area contributed by atoms with Crippen molar-refractivity contribution in [3.05, 3.63) is 18.0 Å². The molecule has 0 radical (unpaired) electrons. The number of carbonyl (C=O) groups excluding carboxylic acids is 1. The van der Waals surface area contributed by atoms with Gasteiger partial charge in [-0.15, -0.1) is 0 Å². The molecule has 2 aliphatic rings. The molecule has 1 aromatic heterocycles. The number of nitrogens with one attached hydrogen (secondary N) is 1. The minimum Gasteiger partial charge on any atom is -0.341 e. The number of rotatable bonds is 5. The molecule has 3 heterocycles. The molecule has 23 heavy (non-hydrogen) atoms. The Morgan fingerprint density at radius 3 is 2.39 bits per heavy atom. The molecule has 0 aromatic carbocycles. The highest BCUT2D eigenvalue weighted by Crippen LogP contribution is 2.14. The largest absolute Gasteiger partial charge is 0.341 e. The number of carbonyl (C=O) groups is 1. The normalized spacial score (nSPS) is 19.3. The summed E-state index contributed by atoms with van der Waals surface area (Å²) in [5, 5.41) is 3.20. The Morgan fingerprint density at radius 1 is 1.09 bits per heavy atom. The molecule has 2 fully saturated rings. The second kappa shape index (κ2) is 7.70. The van der Waals surface area contributed by atoms with E-state index in [9.17, 15) is 4.79 Å². The van der Waals surface area contributed by atoms with Gasteiger partial charge in [0.05, 0.1) is 6.54 Å². The smallest absolute Gasteiger partial charge is 0.236 e. The van der Waals surface area contributed by atoms with E-state index in [0.717, 1.165) is 50.8 Å². The van der Waals surface area contributed by atoms with E-state index in [1.54, 1.807) is 0 Å². The fourth-order valence-electron chi connectivity index (χ4n) is 3.00. The van der Waals surface area contributed by atoms with E-state index in [-0.39, 0.29) is 5.91 Å². The summed E-state index contributed by atoms with van der Waals surface area (Å²) >= 11 is 0. The van der Waals surface area contributed by atoms with Crippen LogP contribution in [0, 0.1) is 0 Å². The van der Waals surface area contributed by atoms with Crippen molar-refractivity contribution in [1.29, 1.82) is 0 Å². The molecule has 0 unspecified atom stereocenters. The minimum absolute atomic E-state index is 0.174. The molecule has 1 N–H and O–H groups in total. The van der Waals surface area contributed by atoms with Gasteiger partial charge in [0, 0.05) is 63.8 Å². The van der Waals surface area contributed by atoms with Gasteiger partial charge in [0.2, 0.25) is 11.9 Å². The minimum atomic E-state index is 0.174. The summed E-state index contributed by atoms with van der Waals surface area (Å²) < 4.78 is 0. The molecule has 0 bridgehead atoms. The summed E-state index contributed by atoms with van der Waals surface area (Å²) in [5.41, 5.74) is 1.01. The maximum absolute atomic E-state index is 12.1. The Kier molecular flexibility index (Phi) is 5.40. The van der Waals surface area contributed by atoms with Crippen LogP contribution in [-0.2, 0) is 11.3 Å². The number of anilines is 1. The number of piperazine rings is 1. The summed E-state index contributed by atoms with van der Waals surface area (Å²) in [6.07, 6.45) is 6.16. The van der Waals surface area contributed by atoms with Crippen molar-refractivity contribution < 1.29 is 4.79 Å². The highest BCUT2D eigenvalue weighted by Gasteiger charge is 2.18. The third-order valence-corrected chi connectivity index (χ3v) is 4.54. The van der Waals surface area contributed by atoms with Crippen LogP contribution in [0.1, 0.15) is 18.4 Å². The van der Waals surface area contributed by atoms with E-state index in [1.165, 1.54) is 12.8 Å². The zero-order chi connectivity index (χ0) is 16.1. The van der Waals surface area contributed by atoms with Gasteiger partial charge in [0.1, 0.15) is 0 Å². The first-order valence-electron chi connectivity index (χ1n) is 8.45. The zero-order valence-electron chi connectivity index (χ0n) is 13.9. The average molecular weight is 318 g/mol. The molecule has 3 rings (SSSR count). The number of likely N-dealkylation sites (N-methyl/N-ethyl adjacent to an activating group) is 1. The van der Waals surface area contributed by atoms with Crippen LogP contribution in [0.4, 0.5) is 5.95 Å². The van der Waals surface area contributed by atoms with Gasteiger partial charge < -0.3 is 20.0 Å². The number of hydrogen-bond donors (Lipinski definition) is 1. The van der Waals surface area contributed by atoms with Crippen LogP contribution >= 0.6 is 0 Å². The monoisotopic (exact) mass is 318 g/mol. The third-order valence-electron chi connectivity index (χ3n) is 4.54. The van der Waals surface area contributed by atoms with Crippen LogP contribution in [0.15, 0.2) is 12.4 Å². The SMILES string of the molecule is CN1CCN(C(=O)CNCc2cnc(N3CCCC3)nc2)CC1. The van der Waals surface area contributed by atoms with Gasteiger partial charge in [0.15, 0.2) is 0 Å². The van der Waals surface area contributed by atoms with E-state index in [1.807, 2.05) is 17.3 Å². The molecular weight excluding hydrogens is 292 g/mol. The number of aromatic nitrogens is 2. The predicted octanol–water partition coefficient (Wildman–Crippen LogP) is -0.0596. The van der Waals surface area contributed by atoms with Gasteiger partial charge in [-0.25, -0.2) is 9.97 Å². The van der Waals surface area contributed by atoms with Crippen molar-refractivity contribution in [3.8, 4) is 0 Å². The van der Waals surface area contributed by atoms with E-state index in [0.29, 0.717) is 13.1 Å². The van der Waals surface area contributed by atoms with Gasteiger partial charge in [-0.05, 0) is 19.9 Å². The lowest BCUT2D eigenvalue weighted by Crippen LogP contribution is -2.49. The second-order valence-corrected chi connectivity index (χ2v) is 6.37. The second-order valence-electron chi connectivity index (χ2n) is 6.37. The highest BCUT2D eigenvalue weighted by molar-refractivity contribution is 5.78. The van der Waals surface area contributed by atoms with E-state index < -0.39 is 0 Å². The molecule has 7 heteroatoms. The van der Waals surface area contributed by atoms with Gasteiger partial charge in [0.25, 0.3) is 0 Å². The molecule has 1 aromatic rings. The van der Waals surface area contributed by atoms with E-state index in [4.69, 9.17) is 0 Å². The lowest BCUT2D eigenvalue weighted by atomic mass is 10.3. The Labute approximate surface area is 137 Å². The van der Waals surface area contributed by atoms with E-state index in [2.05, 4.69) is 32.1 Å². The molecule has 126 valence electrons. The molecule has 2 aliphatic heterocycles. The molecule has 0 spiro atoms. The fraction of sp³-hybridized carbons (Fsp3) is 0.688. The standard InChI is InChI=1S/C16H26N6O/c1-20-6-8-21(9-7-20)15(23)13-17-10-14-11-18-16(19-12-14)22-4-2-3-5-22/h11-12,17H,2-10,13H2,1H3. The predicted molar refractivity (Wildman–Crippen MR) is 89.3 cm³/mol. The van der Waals surface area contributed by atoms with Crippen molar-refractivity contribution in [2.24, 2.45) is 0 Å². The Morgan fingerprint density at radius 2 is 1.74 bits per heavy atom. The van der Waals surface area contributed by atoms with Crippen molar-refractivity contribution in [1.82, 2.24) is 25.1 Å². The van der Waals surface area contributed by atoms with Crippen LogP contribution in [0.5, 0.6) is 0 Å². The Bertz CT molecular complexity index is 506. The van der Waals surface area contributed by atoms with Crippen LogP contribution < -0.4 is 10.2 Å². The Balaban J connectivity index is 1.40. The van der Waals surface area contributed by atoms with Crippen LogP contribution in [0.3, 0.4) is 0 Å². The summed E-state index contributed by atoms with van der Waals surface area (Å²) in [6.45, 7) is 6.66. The van der Waals surface area contributed by atoms with Gasteiger partial charge >= 0.3 is 0 Å². The third kappa shape index (κ3) is 4.39. The highest BCUT2D eigenvalue weighted by atomic mass is 16.2. The van der Waals surface area contributed by atoms with Crippen molar-refractivity contribution >= 4 is 11.9 Å². The Hall–Kier alpha value is -1.73. The van der Waals surface area contributed by atoms with Crippen molar-refractivity contribution in [3.63, 3.8) is 0 Å². The lowest BCUT2D eigenvalue weighted by molar-refractivity contribution is -0.131. The fourth-order valence-corrected chi connectivity index (χ4v) is 3.00. The summed E-state index contributed by atoms with van der Waals surface area (Å²) in [5.74, 6) is 0.993. The lowest BCUT2D eigenvalue weighted by Gasteiger charge is -2.32. The number of amides is 1. The maximum Gasteiger partial charge on any atom is 0.236 e. The van der Waals surface area contributed by atoms with Gasteiger partial charge in [-0.2, -0.15) is 0 Å². The molecule has 0 saturated carbocycles. The van der Waals surface area contributed by atoms with Crippen molar-refractivity contribution in [2.75, 3.05) is 57.8 Å². The molecule has 1 amide bonds. The van der Waals surface area contributed by atoms with Crippen LogP contribution in [-0.4, -0.2) is 78.5 Å². The first-order chi connectivity index (χ1) is 11.2. The summed E-state index contributed by atoms with van der Waals surface area (Å²) in [7, 11) is 2.09. The summed E-state index contributed by atoms with van der Waals surface area (Å²) in [4.78, 5) is 27.4. The number of hydrogen-bond acceptors (Lipinski definition) is 6. The molecular formula is C16H26N6O. The van der Waals surface area contributed by atoms with Gasteiger partial charge in [-0.1, -0.05) is 0 Å². The summed E-state index contributed by atoms with van der Waals surface area (Å²) in [6, 6.07) is 0. The molecule has 7 nitrogen and oxygen atoms in total. The van der Waals surface area contributed by atoms with Crippen molar-refractivity contribution in [2.45, 2.75) is 19.4 Å². The topological polar surface area (TPSA) is 64.6 Å². The first kappa shape index (κ1) is 16.1. The quantitative estimate of drug-likeness (QED) is 0.821. The van der Waals surface area contributed by atoms with Crippen LogP contribution in [0.25, 0.3) is 0 Å². The van der Waals surface area contributed by atoms with Crippen LogP contribution in [0.2, 0.25) is 0 Å². The average Bonchev–Trinajstić information content (AvgIpc) is 3.10. The molecule has 2 saturated heterocycles.